The van der Waals surface area contributed by atoms with Gasteiger partial charge in [0.15, 0.2) is 0 Å². The molecule has 0 N–H and O–H groups in total. The molecule has 4 rings (SSSR count). The van der Waals surface area contributed by atoms with E-state index in [4.69, 9.17) is 16.3 Å². The molecule has 0 aromatic heterocycles. The van der Waals surface area contributed by atoms with Gasteiger partial charge < -0.3 is 4.74 Å². The predicted octanol–water partition coefficient (Wildman–Crippen LogP) is 5.46. The van der Waals surface area contributed by atoms with Gasteiger partial charge in [-0.1, -0.05) is 26.3 Å². The second-order valence-corrected chi connectivity index (χ2v) is 8.59. The Morgan fingerprint density at radius 1 is 1.29 bits per heavy atom. The molecular weight excluding hydrogens is 280 g/mol. The molecule has 3 aliphatic rings. The molecule has 2 heteroatoms. The molecule has 1 aliphatic heterocycles. The highest BCUT2D eigenvalue weighted by Gasteiger charge is 2.40. The van der Waals surface area contributed by atoms with Gasteiger partial charge >= 0.3 is 0 Å². The van der Waals surface area contributed by atoms with Gasteiger partial charge in [-0.2, -0.15) is 0 Å². The highest BCUT2D eigenvalue weighted by molar-refractivity contribution is 6.20. The fourth-order valence-electron chi connectivity index (χ4n) is 4.80. The predicted molar refractivity (Wildman–Crippen MR) is 87.1 cm³/mol. The van der Waals surface area contributed by atoms with E-state index in [0.717, 1.165) is 36.5 Å². The first-order chi connectivity index (χ1) is 10.0. The third-order valence-corrected chi connectivity index (χ3v) is 6.51. The zero-order valence-corrected chi connectivity index (χ0v) is 13.8. The summed E-state index contributed by atoms with van der Waals surface area (Å²) < 4.78 is 5.78. The van der Waals surface area contributed by atoms with Gasteiger partial charge in [0.1, 0.15) is 5.75 Å². The van der Waals surface area contributed by atoms with Crippen LogP contribution in [0.4, 0.5) is 0 Å². The van der Waals surface area contributed by atoms with Gasteiger partial charge in [-0.3, -0.25) is 0 Å². The molecular formula is C19H25ClO. The Hall–Kier alpha value is -0.690. The minimum Gasteiger partial charge on any atom is -0.492 e. The zero-order chi connectivity index (χ0) is 14.6. The summed E-state index contributed by atoms with van der Waals surface area (Å²) in [6.07, 6.45) is 6.97. The summed E-state index contributed by atoms with van der Waals surface area (Å²) in [5, 5.41) is 0.163. The van der Waals surface area contributed by atoms with Gasteiger partial charge in [0, 0.05) is 11.0 Å². The summed E-state index contributed by atoms with van der Waals surface area (Å²) in [4.78, 5) is 0. The van der Waals surface area contributed by atoms with Crippen LogP contribution in [0.1, 0.15) is 62.5 Å². The standard InChI is InChI=1S/C19H25ClO/c1-19(2)11-21-18-6-5-14(9-16(18)19)17(20)10-15-8-12-3-4-13(15)7-12/h5-6,9,12-13,15,17H,3-4,7-8,10-11H2,1-2H3. The van der Waals surface area contributed by atoms with Gasteiger partial charge in [0.2, 0.25) is 0 Å². The van der Waals surface area contributed by atoms with E-state index in [0.29, 0.717) is 0 Å². The maximum absolute atomic E-state index is 6.78. The summed E-state index contributed by atoms with van der Waals surface area (Å²) in [6, 6.07) is 6.59. The molecule has 21 heavy (non-hydrogen) atoms. The van der Waals surface area contributed by atoms with Crippen LogP contribution in [0.15, 0.2) is 18.2 Å². The summed E-state index contributed by atoms with van der Waals surface area (Å²) in [7, 11) is 0. The SMILES string of the molecule is CC1(C)COc2ccc(C(Cl)CC3CC4CCC3C4)cc21. The molecule has 2 aliphatic carbocycles. The van der Waals surface area contributed by atoms with Crippen LogP contribution in [0.2, 0.25) is 0 Å². The Labute approximate surface area is 133 Å². The van der Waals surface area contributed by atoms with Crippen molar-refractivity contribution in [3.8, 4) is 5.75 Å². The fourth-order valence-corrected chi connectivity index (χ4v) is 5.16. The van der Waals surface area contributed by atoms with Gasteiger partial charge in [-0.25, -0.2) is 0 Å². The van der Waals surface area contributed by atoms with Crippen molar-refractivity contribution in [1.29, 1.82) is 0 Å². The van der Waals surface area contributed by atoms with Gasteiger partial charge in [0.05, 0.1) is 12.0 Å². The topological polar surface area (TPSA) is 9.23 Å². The van der Waals surface area contributed by atoms with E-state index < -0.39 is 0 Å². The van der Waals surface area contributed by atoms with Crippen molar-refractivity contribution >= 4 is 11.6 Å². The maximum Gasteiger partial charge on any atom is 0.123 e. The van der Waals surface area contributed by atoms with E-state index in [-0.39, 0.29) is 10.8 Å². The number of hydrogen-bond donors (Lipinski definition) is 0. The Kier molecular flexibility index (Phi) is 3.26. The van der Waals surface area contributed by atoms with Gasteiger partial charge in [0.25, 0.3) is 0 Å². The van der Waals surface area contributed by atoms with Crippen molar-refractivity contribution < 1.29 is 4.74 Å². The Morgan fingerprint density at radius 2 is 2.14 bits per heavy atom. The van der Waals surface area contributed by atoms with Crippen molar-refractivity contribution in [3.05, 3.63) is 29.3 Å². The zero-order valence-electron chi connectivity index (χ0n) is 13.1. The van der Waals surface area contributed by atoms with E-state index in [1.807, 2.05) is 0 Å². The molecule has 4 atom stereocenters. The fraction of sp³-hybridized carbons (Fsp3) is 0.684. The van der Waals surface area contributed by atoms with Crippen molar-refractivity contribution in [3.63, 3.8) is 0 Å². The van der Waals surface area contributed by atoms with Crippen LogP contribution in [0.5, 0.6) is 5.75 Å². The Balaban J connectivity index is 1.51. The van der Waals surface area contributed by atoms with Gasteiger partial charge in [-0.15, -0.1) is 11.6 Å². The first-order valence-corrected chi connectivity index (χ1v) is 8.88. The second-order valence-electron chi connectivity index (χ2n) is 8.07. The molecule has 1 aromatic carbocycles. The second kappa shape index (κ2) is 4.91. The van der Waals surface area contributed by atoms with Crippen LogP contribution >= 0.6 is 11.6 Å². The molecule has 1 nitrogen and oxygen atoms in total. The molecule has 2 bridgehead atoms. The molecule has 0 saturated heterocycles. The van der Waals surface area contributed by atoms with Crippen molar-refractivity contribution in [2.75, 3.05) is 6.61 Å². The van der Waals surface area contributed by atoms with E-state index in [2.05, 4.69) is 32.0 Å². The van der Waals surface area contributed by atoms with Crippen molar-refractivity contribution in [1.82, 2.24) is 0 Å². The van der Waals surface area contributed by atoms with E-state index >= 15 is 0 Å². The first-order valence-electron chi connectivity index (χ1n) is 8.44. The van der Waals surface area contributed by atoms with Crippen LogP contribution in [0, 0.1) is 17.8 Å². The molecule has 4 unspecified atom stereocenters. The lowest BCUT2D eigenvalue weighted by molar-refractivity contribution is 0.291. The summed E-state index contributed by atoms with van der Waals surface area (Å²) in [5.41, 5.74) is 2.74. The lowest BCUT2D eigenvalue weighted by atomic mass is 9.83. The number of hydrogen-bond acceptors (Lipinski definition) is 1. The lowest BCUT2D eigenvalue weighted by Gasteiger charge is -2.24. The third kappa shape index (κ3) is 2.38. The summed E-state index contributed by atoms with van der Waals surface area (Å²) in [6.45, 7) is 5.29. The van der Waals surface area contributed by atoms with Gasteiger partial charge in [-0.05, 0) is 61.1 Å². The minimum atomic E-state index is 0.119. The largest absolute Gasteiger partial charge is 0.492 e. The number of benzene rings is 1. The number of rotatable bonds is 3. The first kappa shape index (κ1) is 13.9. The highest BCUT2D eigenvalue weighted by Crippen LogP contribution is 2.52. The third-order valence-electron chi connectivity index (χ3n) is 6.08. The molecule has 0 radical (unpaired) electrons. The normalized spacial score (nSPS) is 33.8. The molecule has 1 aromatic rings. The number of ether oxygens (including phenoxy) is 1. The number of fused-ring (bicyclic) bond motifs is 3. The smallest absolute Gasteiger partial charge is 0.123 e. The van der Waals surface area contributed by atoms with E-state index in [9.17, 15) is 0 Å². The molecule has 0 spiro atoms. The summed E-state index contributed by atoms with van der Waals surface area (Å²) in [5.74, 6) is 3.89. The minimum absolute atomic E-state index is 0.119. The van der Waals surface area contributed by atoms with E-state index in [1.54, 1.807) is 0 Å². The summed E-state index contributed by atoms with van der Waals surface area (Å²) >= 11 is 6.78. The average molecular weight is 305 g/mol. The lowest BCUT2D eigenvalue weighted by Crippen LogP contribution is -2.18. The van der Waals surface area contributed by atoms with Crippen LogP contribution in [-0.4, -0.2) is 6.61 Å². The van der Waals surface area contributed by atoms with E-state index in [1.165, 1.54) is 36.8 Å². The Bertz CT molecular complexity index is 550. The number of alkyl halides is 1. The Morgan fingerprint density at radius 3 is 2.86 bits per heavy atom. The quantitative estimate of drug-likeness (QED) is 0.673. The van der Waals surface area contributed by atoms with Crippen molar-refractivity contribution in [2.45, 2.75) is 56.7 Å². The number of halogens is 1. The molecule has 2 saturated carbocycles. The van der Waals surface area contributed by atoms with Crippen LogP contribution in [-0.2, 0) is 5.41 Å². The van der Waals surface area contributed by atoms with Crippen LogP contribution < -0.4 is 4.74 Å². The maximum atomic E-state index is 6.78. The molecule has 1 heterocycles. The monoisotopic (exact) mass is 304 g/mol. The van der Waals surface area contributed by atoms with Crippen molar-refractivity contribution in [2.24, 2.45) is 17.8 Å². The molecule has 0 amide bonds. The van der Waals surface area contributed by atoms with Crippen LogP contribution in [0.25, 0.3) is 0 Å². The molecule has 2 fully saturated rings. The highest BCUT2D eigenvalue weighted by atomic mass is 35.5. The average Bonchev–Trinajstić information content (AvgIpc) is 3.14. The molecule has 114 valence electrons. The van der Waals surface area contributed by atoms with Crippen LogP contribution in [0.3, 0.4) is 0 Å².